The van der Waals surface area contributed by atoms with Crippen molar-refractivity contribution >= 4 is 6.08 Å². The van der Waals surface area contributed by atoms with E-state index in [2.05, 4.69) is 37.3 Å². The third-order valence-electron chi connectivity index (χ3n) is 2.48. The zero-order valence-corrected chi connectivity index (χ0v) is 11.1. The number of rotatable bonds is 8. The largest absolute Gasteiger partial charge is 0.394 e. The number of aliphatic hydroxyl groups excluding tert-OH is 1. The minimum atomic E-state index is 0.0584. The van der Waals surface area contributed by atoms with E-state index in [0.29, 0.717) is 19.8 Å². The van der Waals surface area contributed by atoms with E-state index in [1.165, 1.54) is 11.1 Å². The predicted octanol–water partition coefficient (Wildman–Crippen LogP) is 2.42. The van der Waals surface area contributed by atoms with Crippen LogP contribution in [0, 0.1) is 6.92 Å². The molecule has 0 heterocycles. The Morgan fingerprint density at radius 1 is 1.17 bits per heavy atom. The molecule has 0 saturated heterocycles. The summed E-state index contributed by atoms with van der Waals surface area (Å²) in [4.78, 5) is 0. The number of aliphatic hydroxyl groups is 1. The van der Waals surface area contributed by atoms with E-state index in [9.17, 15) is 0 Å². The monoisotopic (exact) mass is 250 g/mol. The molecular formula is C15H22O3. The van der Waals surface area contributed by atoms with Crippen molar-refractivity contribution < 1.29 is 14.6 Å². The lowest BCUT2D eigenvalue weighted by Crippen LogP contribution is -2.12. The molecule has 18 heavy (non-hydrogen) atoms. The van der Waals surface area contributed by atoms with Gasteiger partial charge >= 0.3 is 0 Å². The third-order valence-corrected chi connectivity index (χ3v) is 2.48. The fourth-order valence-corrected chi connectivity index (χ4v) is 1.44. The van der Waals surface area contributed by atoms with E-state index in [1.54, 1.807) is 0 Å². The average Bonchev–Trinajstić information content (AvgIpc) is 2.38. The highest BCUT2D eigenvalue weighted by atomic mass is 16.5. The second-order valence-electron chi connectivity index (χ2n) is 4.18. The molecule has 3 heteroatoms. The van der Waals surface area contributed by atoms with E-state index < -0.39 is 0 Å². The maximum absolute atomic E-state index is 8.53. The van der Waals surface area contributed by atoms with E-state index in [4.69, 9.17) is 14.6 Å². The summed E-state index contributed by atoms with van der Waals surface area (Å²) in [5.41, 5.74) is 2.44. The van der Waals surface area contributed by atoms with Crippen molar-refractivity contribution in [2.24, 2.45) is 0 Å². The molecule has 0 aliphatic rings. The maximum atomic E-state index is 8.53. The van der Waals surface area contributed by atoms with Gasteiger partial charge in [-0.25, -0.2) is 0 Å². The summed E-state index contributed by atoms with van der Waals surface area (Å²) in [5.74, 6) is 0. The first-order valence-corrected chi connectivity index (χ1v) is 6.27. The lowest BCUT2D eigenvalue weighted by Gasteiger charge is -2.08. The highest BCUT2D eigenvalue weighted by molar-refractivity contribution is 5.50. The van der Waals surface area contributed by atoms with Crippen LogP contribution in [0.2, 0.25) is 0 Å². The van der Waals surface area contributed by atoms with Crippen molar-refractivity contribution in [3.05, 3.63) is 41.5 Å². The minimum absolute atomic E-state index is 0.0584. The van der Waals surface area contributed by atoms with Crippen LogP contribution in [0.1, 0.15) is 18.1 Å². The van der Waals surface area contributed by atoms with Gasteiger partial charge in [-0.3, -0.25) is 0 Å². The SMILES string of the molecule is Cc1ccc(/C=C/C(C)OCCOCCO)cc1. The van der Waals surface area contributed by atoms with Gasteiger partial charge in [0.2, 0.25) is 0 Å². The number of hydrogen-bond donors (Lipinski definition) is 1. The standard InChI is InChI=1S/C15H22O3/c1-13-3-6-15(7-4-13)8-5-14(2)18-12-11-17-10-9-16/h3-8,14,16H,9-12H2,1-2H3/b8-5+. The van der Waals surface area contributed by atoms with Crippen LogP contribution in [0.15, 0.2) is 30.3 Å². The lowest BCUT2D eigenvalue weighted by molar-refractivity contribution is 0.0188. The predicted molar refractivity (Wildman–Crippen MR) is 73.5 cm³/mol. The molecule has 0 bridgehead atoms. The van der Waals surface area contributed by atoms with E-state index in [-0.39, 0.29) is 12.7 Å². The topological polar surface area (TPSA) is 38.7 Å². The number of ether oxygens (including phenoxy) is 2. The molecule has 3 nitrogen and oxygen atoms in total. The van der Waals surface area contributed by atoms with Crippen LogP contribution in [0.25, 0.3) is 6.08 Å². The fourth-order valence-electron chi connectivity index (χ4n) is 1.44. The summed E-state index contributed by atoms with van der Waals surface area (Å²) in [7, 11) is 0. The van der Waals surface area contributed by atoms with Gasteiger partial charge in [-0.15, -0.1) is 0 Å². The molecular weight excluding hydrogens is 228 g/mol. The van der Waals surface area contributed by atoms with Crippen molar-refractivity contribution in [3.63, 3.8) is 0 Å². The molecule has 0 aromatic heterocycles. The van der Waals surface area contributed by atoms with E-state index >= 15 is 0 Å². The van der Waals surface area contributed by atoms with Crippen LogP contribution in [-0.2, 0) is 9.47 Å². The molecule has 0 amide bonds. The van der Waals surface area contributed by atoms with Gasteiger partial charge in [-0.1, -0.05) is 42.0 Å². The molecule has 0 saturated carbocycles. The minimum Gasteiger partial charge on any atom is -0.394 e. The Hall–Kier alpha value is -1.16. The molecule has 1 rings (SSSR count). The molecule has 0 aliphatic heterocycles. The molecule has 1 aromatic carbocycles. The van der Waals surface area contributed by atoms with Crippen molar-refractivity contribution in [1.82, 2.24) is 0 Å². The van der Waals surface area contributed by atoms with Gasteiger partial charge in [0, 0.05) is 0 Å². The van der Waals surface area contributed by atoms with Crippen LogP contribution in [0.4, 0.5) is 0 Å². The Labute approximate surface area is 109 Å². The first-order valence-electron chi connectivity index (χ1n) is 6.27. The van der Waals surface area contributed by atoms with Crippen molar-refractivity contribution in [2.45, 2.75) is 20.0 Å². The summed E-state index contributed by atoms with van der Waals surface area (Å²) in [6, 6.07) is 8.35. The zero-order valence-electron chi connectivity index (χ0n) is 11.1. The highest BCUT2D eigenvalue weighted by Crippen LogP contribution is 2.06. The Kier molecular flexibility index (Phi) is 7.34. The normalized spacial score (nSPS) is 13.1. The summed E-state index contributed by atoms with van der Waals surface area (Å²) in [6.07, 6.45) is 4.14. The van der Waals surface area contributed by atoms with E-state index in [0.717, 1.165) is 0 Å². The van der Waals surface area contributed by atoms with Crippen molar-refractivity contribution in [2.75, 3.05) is 26.4 Å². The molecule has 0 aliphatic carbocycles. The van der Waals surface area contributed by atoms with Gasteiger partial charge in [0.1, 0.15) is 0 Å². The van der Waals surface area contributed by atoms with Crippen LogP contribution in [0.3, 0.4) is 0 Å². The quantitative estimate of drug-likeness (QED) is 0.720. The summed E-state index contributed by atoms with van der Waals surface area (Å²) in [5, 5.41) is 8.53. The zero-order chi connectivity index (χ0) is 13.2. The number of hydrogen-bond acceptors (Lipinski definition) is 3. The number of benzene rings is 1. The lowest BCUT2D eigenvalue weighted by atomic mass is 10.1. The second kappa shape index (κ2) is 8.86. The van der Waals surface area contributed by atoms with Gasteiger partial charge in [0.05, 0.1) is 32.5 Å². The number of aryl methyl sites for hydroxylation is 1. The molecule has 0 fully saturated rings. The maximum Gasteiger partial charge on any atom is 0.0732 e. The fraction of sp³-hybridized carbons (Fsp3) is 0.467. The molecule has 1 unspecified atom stereocenters. The smallest absolute Gasteiger partial charge is 0.0732 e. The Morgan fingerprint density at radius 3 is 2.56 bits per heavy atom. The third kappa shape index (κ3) is 6.55. The Bertz CT molecular complexity index is 343. The molecule has 0 spiro atoms. The van der Waals surface area contributed by atoms with Gasteiger partial charge in [0.15, 0.2) is 0 Å². The first-order chi connectivity index (χ1) is 8.72. The van der Waals surface area contributed by atoms with Crippen LogP contribution in [-0.4, -0.2) is 37.6 Å². The van der Waals surface area contributed by atoms with Gasteiger partial charge in [-0.2, -0.15) is 0 Å². The van der Waals surface area contributed by atoms with Crippen LogP contribution >= 0.6 is 0 Å². The molecule has 1 atom stereocenters. The second-order valence-corrected chi connectivity index (χ2v) is 4.18. The Morgan fingerprint density at radius 2 is 1.89 bits per heavy atom. The molecule has 100 valence electrons. The molecule has 1 N–H and O–H groups in total. The first kappa shape index (κ1) is 14.9. The van der Waals surface area contributed by atoms with Crippen LogP contribution < -0.4 is 0 Å². The van der Waals surface area contributed by atoms with Crippen molar-refractivity contribution in [1.29, 1.82) is 0 Å². The summed E-state index contributed by atoms with van der Waals surface area (Å²) < 4.78 is 10.7. The average molecular weight is 250 g/mol. The Balaban J connectivity index is 2.22. The van der Waals surface area contributed by atoms with Gasteiger partial charge < -0.3 is 14.6 Å². The summed E-state index contributed by atoms with van der Waals surface area (Å²) >= 11 is 0. The molecule has 1 aromatic rings. The highest BCUT2D eigenvalue weighted by Gasteiger charge is 1.96. The molecule has 0 radical (unpaired) electrons. The van der Waals surface area contributed by atoms with Gasteiger partial charge in [-0.05, 0) is 19.4 Å². The van der Waals surface area contributed by atoms with E-state index in [1.807, 2.05) is 13.0 Å². The van der Waals surface area contributed by atoms with Crippen molar-refractivity contribution in [3.8, 4) is 0 Å². The summed E-state index contributed by atoms with van der Waals surface area (Å²) in [6.45, 7) is 5.56. The van der Waals surface area contributed by atoms with Crippen LogP contribution in [0.5, 0.6) is 0 Å². The van der Waals surface area contributed by atoms with Gasteiger partial charge in [0.25, 0.3) is 0 Å².